The molecular formula is C15H24ClNO3. The van der Waals surface area contributed by atoms with E-state index in [2.05, 4.69) is 12.2 Å². The Hall–Kier alpha value is -0.970. The molecule has 1 N–H and O–H groups in total. The molecule has 0 fully saturated rings. The van der Waals surface area contributed by atoms with E-state index in [1.807, 2.05) is 13.0 Å². The molecule has 0 spiro atoms. The number of rotatable bonds is 9. The maximum absolute atomic E-state index is 6.12. The number of nitrogens with one attached hydrogen (secondary N) is 1. The normalized spacial score (nSPS) is 12.2. The predicted octanol–water partition coefficient (Wildman–Crippen LogP) is 3.26. The summed E-state index contributed by atoms with van der Waals surface area (Å²) in [5.74, 6) is 1.41. The first-order valence-electron chi connectivity index (χ1n) is 6.85. The molecule has 0 aliphatic carbocycles. The average Bonchev–Trinajstić information content (AvgIpc) is 2.44. The van der Waals surface area contributed by atoms with Crippen molar-refractivity contribution in [2.24, 2.45) is 0 Å². The van der Waals surface area contributed by atoms with Crippen molar-refractivity contribution in [3.05, 3.63) is 22.7 Å². The van der Waals surface area contributed by atoms with E-state index < -0.39 is 0 Å². The van der Waals surface area contributed by atoms with Gasteiger partial charge in [-0.1, -0.05) is 18.5 Å². The molecule has 1 atom stereocenters. The summed E-state index contributed by atoms with van der Waals surface area (Å²) in [6.45, 7) is 6.32. The van der Waals surface area contributed by atoms with Gasteiger partial charge in [0.15, 0.2) is 11.5 Å². The summed E-state index contributed by atoms with van der Waals surface area (Å²) in [5, 5.41) is 3.93. The fourth-order valence-corrected chi connectivity index (χ4v) is 2.07. The Kier molecular flexibility index (Phi) is 7.73. The Morgan fingerprint density at radius 2 is 2.05 bits per heavy atom. The Morgan fingerprint density at radius 1 is 1.30 bits per heavy atom. The molecule has 0 heterocycles. The van der Waals surface area contributed by atoms with Crippen LogP contribution in [0.15, 0.2) is 12.1 Å². The van der Waals surface area contributed by atoms with Crippen LogP contribution >= 0.6 is 11.6 Å². The predicted molar refractivity (Wildman–Crippen MR) is 82.0 cm³/mol. The number of ether oxygens (including phenoxy) is 3. The molecule has 0 bridgehead atoms. The third-order valence-electron chi connectivity index (χ3n) is 2.93. The molecule has 0 aliphatic rings. The summed E-state index contributed by atoms with van der Waals surface area (Å²) in [7, 11) is 3.31. The van der Waals surface area contributed by atoms with E-state index in [0.29, 0.717) is 23.9 Å². The summed E-state index contributed by atoms with van der Waals surface area (Å²) in [6.07, 6.45) is 0.869. The lowest BCUT2D eigenvalue weighted by Crippen LogP contribution is -2.18. The van der Waals surface area contributed by atoms with Crippen LogP contribution in [-0.4, -0.2) is 33.5 Å². The fraction of sp³-hybridized carbons (Fsp3) is 0.600. The van der Waals surface area contributed by atoms with Crippen molar-refractivity contribution in [3.8, 4) is 11.5 Å². The monoisotopic (exact) mass is 301 g/mol. The molecule has 4 nitrogen and oxygen atoms in total. The minimum absolute atomic E-state index is 0.0467. The molecule has 20 heavy (non-hydrogen) atoms. The highest BCUT2D eigenvalue weighted by Crippen LogP contribution is 2.35. The SMILES string of the molecule is CCNCc1cc(Cl)cc(OC)c1OC(C)CCOC. The van der Waals surface area contributed by atoms with Crippen molar-refractivity contribution in [3.63, 3.8) is 0 Å². The van der Waals surface area contributed by atoms with Crippen LogP contribution in [0, 0.1) is 0 Å². The van der Waals surface area contributed by atoms with Gasteiger partial charge < -0.3 is 19.5 Å². The van der Waals surface area contributed by atoms with Crippen LogP contribution in [0.25, 0.3) is 0 Å². The second kappa shape index (κ2) is 9.06. The summed E-state index contributed by atoms with van der Waals surface area (Å²) in [4.78, 5) is 0. The second-order valence-corrected chi connectivity index (χ2v) is 5.02. The summed E-state index contributed by atoms with van der Waals surface area (Å²) in [6, 6.07) is 3.68. The molecule has 0 saturated carbocycles. The Labute approximate surface area is 126 Å². The summed E-state index contributed by atoms with van der Waals surface area (Å²) < 4.78 is 16.5. The van der Waals surface area contributed by atoms with E-state index in [0.717, 1.165) is 24.3 Å². The molecule has 0 saturated heterocycles. The third kappa shape index (κ3) is 5.19. The van der Waals surface area contributed by atoms with Crippen molar-refractivity contribution < 1.29 is 14.2 Å². The lowest BCUT2D eigenvalue weighted by atomic mass is 10.1. The van der Waals surface area contributed by atoms with Gasteiger partial charge in [-0.05, 0) is 19.5 Å². The topological polar surface area (TPSA) is 39.7 Å². The van der Waals surface area contributed by atoms with Gasteiger partial charge in [-0.15, -0.1) is 0 Å². The van der Waals surface area contributed by atoms with Crippen LogP contribution in [0.2, 0.25) is 5.02 Å². The van der Waals surface area contributed by atoms with E-state index >= 15 is 0 Å². The Balaban J connectivity index is 2.93. The van der Waals surface area contributed by atoms with Gasteiger partial charge >= 0.3 is 0 Å². The van der Waals surface area contributed by atoms with E-state index in [1.54, 1.807) is 20.3 Å². The van der Waals surface area contributed by atoms with E-state index in [9.17, 15) is 0 Å². The smallest absolute Gasteiger partial charge is 0.166 e. The van der Waals surface area contributed by atoms with Gasteiger partial charge in [0.05, 0.1) is 13.2 Å². The number of halogens is 1. The largest absolute Gasteiger partial charge is 0.493 e. The Morgan fingerprint density at radius 3 is 2.65 bits per heavy atom. The van der Waals surface area contributed by atoms with Crippen molar-refractivity contribution in [1.82, 2.24) is 5.32 Å². The first-order chi connectivity index (χ1) is 9.62. The van der Waals surface area contributed by atoms with E-state index in [-0.39, 0.29) is 6.10 Å². The lowest BCUT2D eigenvalue weighted by molar-refractivity contribution is 0.132. The Bertz CT molecular complexity index is 412. The quantitative estimate of drug-likeness (QED) is 0.760. The summed E-state index contributed by atoms with van der Waals surface area (Å²) >= 11 is 6.12. The van der Waals surface area contributed by atoms with Gasteiger partial charge in [0, 0.05) is 43.3 Å². The molecule has 114 valence electrons. The highest BCUT2D eigenvalue weighted by molar-refractivity contribution is 6.30. The highest BCUT2D eigenvalue weighted by Gasteiger charge is 2.15. The maximum Gasteiger partial charge on any atom is 0.166 e. The third-order valence-corrected chi connectivity index (χ3v) is 3.15. The number of methoxy groups -OCH3 is 2. The number of hydrogen-bond donors (Lipinski definition) is 1. The fourth-order valence-electron chi connectivity index (χ4n) is 1.84. The zero-order valence-electron chi connectivity index (χ0n) is 12.7. The average molecular weight is 302 g/mol. The van der Waals surface area contributed by atoms with Crippen LogP contribution in [-0.2, 0) is 11.3 Å². The zero-order valence-corrected chi connectivity index (χ0v) is 13.4. The van der Waals surface area contributed by atoms with Gasteiger partial charge in [-0.3, -0.25) is 0 Å². The van der Waals surface area contributed by atoms with Gasteiger partial charge in [0.2, 0.25) is 0 Å². The lowest BCUT2D eigenvalue weighted by Gasteiger charge is -2.20. The van der Waals surface area contributed by atoms with Crippen LogP contribution in [0.1, 0.15) is 25.8 Å². The molecule has 1 aromatic rings. The molecule has 1 unspecified atom stereocenters. The van der Waals surface area contributed by atoms with Crippen LogP contribution in [0.5, 0.6) is 11.5 Å². The minimum Gasteiger partial charge on any atom is -0.493 e. The van der Waals surface area contributed by atoms with E-state index in [4.69, 9.17) is 25.8 Å². The minimum atomic E-state index is 0.0467. The summed E-state index contributed by atoms with van der Waals surface area (Å²) in [5.41, 5.74) is 1.00. The number of hydrogen-bond acceptors (Lipinski definition) is 4. The standard InChI is InChI=1S/C15H24ClNO3/c1-5-17-10-12-8-13(16)9-14(19-4)15(12)20-11(2)6-7-18-3/h8-9,11,17H,5-7,10H2,1-4H3. The van der Waals surface area contributed by atoms with Gasteiger partial charge in [-0.25, -0.2) is 0 Å². The van der Waals surface area contributed by atoms with Crippen LogP contribution in [0.4, 0.5) is 0 Å². The molecule has 5 heteroatoms. The van der Waals surface area contributed by atoms with Crippen molar-refractivity contribution in [2.45, 2.75) is 32.9 Å². The number of benzene rings is 1. The molecule has 0 aliphatic heterocycles. The van der Waals surface area contributed by atoms with Gasteiger partial charge in [0.25, 0.3) is 0 Å². The first kappa shape index (κ1) is 17.1. The van der Waals surface area contributed by atoms with Crippen molar-refractivity contribution in [2.75, 3.05) is 27.4 Å². The first-order valence-corrected chi connectivity index (χ1v) is 7.22. The van der Waals surface area contributed by atoms with Crippen LogP contribution in [0.3, 0.4) is 0 Å². The molecule has 0 radical (unpaired) electrons. The zero-order chi connectivity index (χ0) is 15.0. The van der Waals surface area contributed by atoms with Crippen molar-refractivity contribution >= 4 is 11.6 Å². The molecule has 1 aromatic carbocycles. The van der Waals surface area contributed by atoms with E-state index in [1.165, 1.54) is 0 Å². The van der Waals surface area contributed by atoms with Gasteiger partial charge in [0.1, 0.15) is 0 Å². The highest BCUT2D eigenvalue weighted by atomic mass is 35.5. The molecule has 1 rings (SSSR count). The molecule has 0 aromatic heterocycles. The maximum atomic E-state index is 6.12. The van der Waals surface area contributed by atoms with Gasteiger partial charge in [-0.2, -0.15) is 0 Å². The van der Waals surface area contributed by atoms with Crippen LogP contribution < -0.4 is 14.8 Å². The van der Waals surface area contributed by atoms with Crippen molar-refractivity contribution in [1.29, 1.82) is 0 Å². The molecular weight excluding hydrogens is 278 g/mol. The second-order valence-electron chi connectivity index (χ2n) is 4.59. The molecule has 0 amide bonds.